The number of nitrogens with one attached hydrogen (secondary N) is 1. The lowest BCUT2D eigenvalue weighted by Gasteiger charge is -2.00. The Morgan fingerprint density at radius 2 is 1.71 bits per heavy atom. The second kappa shape index (κ2) is 5.58. The smallest absolute Gasteiger partial charge is 0.337 e. The fourth-order valence-electron chi connectivity index (χ4n) is 1.99. The number of H-pyrrole nitrogens is 1. The first kappa shape index (κ1) is 13.1. The lowest BCUT2D eigenvalue weighted by Crippen LogP contribution is -2.00. The monoisotopic (exact) mass is 279 g/mol. The first-order valence-corrected chi connectivity index (χ1v) is 6.44. The molecule has 1 heterocycles. The minimum Gasteiger partial charge on any atom is -0.465 e. The minimum absolute atomic E-state index is 0.357. The van der Waals surface area contributed by atoms with Crippen LogP contribution in [0.1, 0.15) is 10.4 Å². The molecule has 0 aliphatic heterocycles. The fraction of sp³-hybridized carbons (Fsp3) is 0.0625. The van der Waals surface area contributed by atoms with Crippen molar-refractivity contribution in [3.8, 4) is 22.8 Å². The number of hydrogen-bond acceptors (Lipinski definition) is 4. The van der Waals surface area contributed by atoms with Crippen molar-refractivity contribution in [1.82, 2.24) is 15.2 Å². The molecular formula is C16H13N3O2. The Morgan fingerprint density at radius 1 is 1.00 bits per heavy atom. The SMILES string of the molecule is COC(=O)c1ccc(-c2nc(-c3ccccc3)n[nH]2)cc1. The summed E-state index contributed by atoms with van der Waals surface area (Å²) in [5.41, 5.74) is 2.31. The van der Waals surface area contributed by atoms with Crippen molar-refractivity contribution in [1.29, 1.82) is 0 Å². The molecule has 0 aliphatic carbocycles. The van der Waals surface area contributed by atoms with E-state index in [0.717, 1.165) is 11.1 Å². The van der Waals surface area contributed by atoms with Crippen LogP contribution in [0.3, 0.4) is 0 Å². The van der Waals surface area contributed by atoms with E-state index in [1.807, 2.05) is 42.5 Å². The number of hydrogen-bond donors (Lipinski definition) is 1. The summed E-state index contributed by atoms with van der Waals surface area (Å²) in [5.74, 6) is 0.942. The van der Waals surface area contributed by atoms with Crippen molar-refractivity contribution in [3.63, 3.8) is 0 Å². The maximum Gasteiger partial charge on any atom is 0.337 e. The average Bonchev–Trinajstić information content (AvgIpc) is 3.05. The summed E-state index contributed by atoms with van der Waals surface area (Å²) >= 11 is 0. The van der Waals surface area contributed by atoms with Gasteiger partial charge in [0, 0.05) is 11.1 Å². The molecule has 21 heavy (non-hydrogen) atoms. The molecule has 0 saturated carbocycles. The number of aromatic amines is 1. The van der Waals surface area contributed by atoms with Crippen LogP contribution in [0.15, 0.2) is 54.6 Å². The topological polar surface area (TPSA) is 67.9 Å². The van der Waals surface area contributed by atoms with Crippen LogP contribution in [0.5, 0.6) is 0 Å². The van der Waals surface area contributed by atoms with E-state index in [2.05, 4.69) is 19.9 Å². The van der Waals surface area contributed by atoms with E-state index < -0.39 is 0 Å². The highest BCUT2D eigenvalue weighted by atomic mass is 16.5. The molecule has 3 rings (SSSR count). The zero-order valence-electron chi connectivity index (χ0n) is 11.4. The summed E-state index contributed by atoms with van der Waals surface area (Å²) in [6.07, 6.45) is 0. The summed E-state index contributed by atoms with van der Waals surface area (Å²) in [4.78, 5) is 15.9. The molecule has 0 spiro atoms. The minimum atomic E-state index is -0.357. The van der Waals surface area contributed by atoms with Crippen molar-refractivity contribution in [2.45, 2.75) is 0 Å². The summed E-state index contributed by atoms with van der Waals surface area (Å²) < 4.78 is 4.67. The van der Waals surface area contributed by atoms with Gasteiger partial charge in [-0.15, -0.1) is 0 Å². The number of carbonyl (C=O) groups is 1. The Balaban J connectivity index is 1.88. The quantitative estimate of drug-likeness (QED) is 0.748. The molecule has 1 N–H and O–H groups in total. The fourth-order valence-corrected chi connectivity index (χ4v) is 1.99. The predicted octanol–water partition coefficient (Wildman–Crippen LogP) is 2.93. The Labute approximate surface area is 121 Å². The maximum atomic E-state index is 11.4. The van der Waals surface area contributed by atoms with E-state index in [-0.39, 0.29) is 5.97 Å². The van der Waals surface area contributed by atoms with Crippen molar-refractivity contribution >= 4 is 5.97 Å². The van der Waals surface area contributed by atoms with Gasteiger partial charge in [-0.1, -0.05) is 42.5 Å². The zero-order valence-corrected chi connectivity index (χ0v) is 11.4. The second-order valence-corrected chi connectivity index (χ2v) is 4.44. The molecule has 0 unspecified atom stereocenters. The number of aromatic nitrogens is 3. The number of carbonyl (C=O) groups excluding carboxylic acids is 1. The van der Waals surface area contributed by atoms with Crippen LogP contribution in [0, 0.1) is 0 Å². The van der Waals surface area contributed by atoms with Crippen LogP contribution in [0.25, 0.3) is 22.8 Å². The van der Waals surface area contributed by atoms with Gasteiger partial charge in [0.25, 0.3) is 0 Å². The van der Waals surface area contributed by atoms with Gasteiger partial charge >= 0.3 is 5.97 Å². The molecule has 1 aromatic heterocycles. The summed E-state index contributed by atoms with van der Waals surface area (Å²) in [6, 6.07) is 16.7. The highest BCUT2D eigenvalue weighted by molar-refractivity contribution is 5.89. The number of rotatable bonds is 3. The zero-order chi connectivity index (χ0) is 14.7. The van der Waals surface area contributed by atoms with Crippen molar-refractivity contribution in [2.75, 3.05) is 7.11 Å². The van der Waals surface area contributed by atoms with Crippen LogP contribution in [0.2, 0.25) is 0 Å². The molecule has 3 aromatic rings. The van der Waals surface area contributed by atoms with Crippen molar-refractivity contribution in [2.24, 2.45) is 0 Å². The van der Waals surface area contributed by atoms with Gasteiger partial charge in [-0.3, -0.25) is 5.10 Å². The molecule has 0 bridgehead atoms. The third-order valence-corrected chi connectivity index (χ3v) is 3.10. The van der Waals surface area contributed by atoms with E-state index in [0.29, 0.717) is 17.2 Å². The molecular weight excluding hydrogens is 266 g/mol. The van der Waals surface area contributed by atoms with Crippen LogP contribution in [-0.4, -0.2) is 28.3 Å². The molecule has 0 atom stereocenters. The van der Waals surface area contributed by atoms with Gasteiger partial charge in [0.1, 0.15) is 0 Å². The van der Waals surface area contributed by atoms with Gasteiger partial charge in [-0.25, -0.2) is 9.78 Å². The highest BCUT2D eigenvalue weighted by Gasteiger charge is 2.09. The van der Waals surface area contributed by atoms with Crippen LogP contribution < -0.4 is 0 Å². The van der Waals surface area contributed by atoms with E-state index in [9.17, 15) is 4.79 Å². The standard InChI is InChI=1S/C16H13N3O2/c1-21-16(20)13-9-7-12(8-10-13)15-17-14(18-19-15)11-5-3-2-4-6-11/h2-10H,1H3,(H,17,18,19). The number of ether oxygens (including phenoxy) is 1. The lowest BCUT2D eigenvalue weighted by atomic mass is 10.1. The Bertz CT molecular complexity index is 749. The Hall–Kier alpha value is -2.95. The van der Waals surface area contributed by atoms with E-state index in [1.165, 1.54) is 7.11 Å². The molecule has 5 heteroatoms. The maximum absolute atomic E-state index is 11.4. The normalized spacial score (nSPS) is 10.3. The third-order valence-electron chi connectivity index (χ3n) is 3.10. The number of benzene rings is 2. The molecule has 0 aliphatic rings. The molecule has 0 fully saturated rings. The van der Waals surface area contributed by atoms with Crippen molar-refractivity contribution < 1.29 is 9.53 Å². The summed E-state index contributed by atoms with van der Waals surface area (Å²) in [6.45, 7) is 0. The molecule has 104 valence electrons. The predicted molar refractivity (Wildman–Crippen MR) is 78.6 cm³/mol. The van der Waals surface area contributed by atoms with E-state index in [4.69, 9.17) is 0 Å². The number of methoxy groups -OCH3 is 1. The highest BCUT2D eigenvalue weighted by Crippen LogP contribution is 2.20. The first-order chi connectivity index (χ1) is 10.3. The number of nitrogens with zero attached hydrogens (tertiary/aromatic N) is 2. The van der Waals surface area contributed by atoms with Crippen molar-refractivity contribution in [3.05, 3.63) is 60.2 Å². The molecule has 2 aromatic carbocycles. The lowest BCUT2D eigenvalue weighted by molar-refractivity contribution is 0.0601. The van der Waals surface area contributed by atoms with Crippen LogP contribution in [0.4, 0.5) is 0 Å². The molecule has 0 saturated heterocycles. The van der Waals surface area contributed by atoms with E-state index in [1.54, 1.807) is 12.1 Å². The van der Waals surface area contributed by atoms with Gasteiger partial charge in [-0.05, 0) is 12.1 Å². The van der Waals surface area contributed by atoms with Gasteiger partial charge in [0.2, 0.25) is 0 Å². The van der Waals surface area contributed by atoms with Gasteiger partial charge in [0.15, 0.2) is 11.6 Å². The molecule has 0 amide bonds. The van der Waals surface area contributed by atoms with E-state index >= 15 is 0 Å². The summed E-state index contributed by atoms with van der Waals surface area (Å²) in [5, 5.41) is 7.11. The van der Waals surface area contributed by atoms with Crippen LogP contribution in [-0.2, 0) is 4.74 Å². The Kier molecular flexibility index (Phi) is 3.47. The Morgan fingerprint density at radius 3 is 2.38 bits per heavy atom. The first-order valence-electron chi connectivity index (χ1n) is 6.44. The second-order valence-electron chi connectivity index (χ2n) is 4.44. The molecule has 5 nitrogen and oxygen atoms in total. The van der Waals surface area contributed by atoms with Crippen LogP contribution >= 0.6 is 0 Å². The van der Waals surface area contributed by atoms with Gasteiger partial charge in [-0.2, -0.15) is 5.10 Å². The molecule has 0 radical (unpaired) electrons. The average molecular weight is 279 g/mol. The van der Waals surface area contributed by atoms with Gasteiger partial charge < -0.3 is 4.74 Å². The van der Waals surface area contributed by atoms with Gasteiger partial charge in [0.05, 0.1) is 12.7 Å². The summed E-state index contributed by atoms with van der Waals surface area (Å²) in [7, 11) is 1.36. The largest absolute Gasteiger partial charge is 0.465 e. The third kappa shape index (κ3) is 2.67. The number of esters is 1.